The van der Waals surface area contributed by atoms with Gasteiger partial charge in [-0.05, 0) is 22.0 Å². The zero-order valence-electron chi connectivity index (χ0n) is 8.55. The largest absolute Gasteiger partial charge is 0.465 e. The number of aromatic nitrogens is 1. The lowest BCUT2D eigenvalue weighted by Crippen LogP contribution is -2.31. The molecule has 0 N–H and O–H groups in total. The highest BCUT2D eigenvalue weighted by atomic mass is 79.9. The number of carbonyl (C=O) groups excluding carboxylic acids is 1. The molecule has 0 aliphatic heterocycles. The molecular formula is C9H7BrF3NO3. The number of alkyl halides is 3. The van der Waals surface area contributed by atoms with Crippen LogP contribution in [0.3, 0.4) is 0 Å². The van der Waals surface area contributed by atoms with E-state index in [0.29, 0.717) is 4.57 Å². The first kappa shape index (κ1) is 13.8. The Kier molecular flexibility index (Phi) is 3.97. The molecule has 0 saturated heterocycles. The van der Waals surface area contributed by atoms with E-state index in [1.54, 1.807) is 0 Å². The Hall–Kier alpha value is -1.31. The summed E-state index contributed by atoms with van der Waals surface area (Å²) in [5, 5.41) is 0. The van der Waals surface area contributed by atoms with E-state index in [2.05, 4.69) is 20.7 Å². The van der Waals surface area contributed by atoms with Crippen molar-refractivity contribution < 1.29 is 22.7 Å². The summed E-state index contributed by atoms with van der Waals surface area (Å²) >= 11 is 2.92. The molecule has 0 bridgehead atoms. The molecule has 0 unspecified atom stereocenters. The minimum absolute atomic E-state index is 0.182. The van der Waals surface area contributed by atoms with Crippen LogP contribution < -0.4 is 5.56 Å². The van der Waals surface area contributed by atoms with Crippen molar-refractivity contribution in [2.45, 2.75) is 12.7 Å². The van der Waals surface area contributed by atoms with Gasteiger partial charge in [0.05, 0.1) is 7.11 Å². The molecule has 17 heavy (non-hydrogen) atoms. The number of ether oxygens (including phenoxy) is 1. The SMILES string of the molecule is COC(=O)c1cc(Br)cn(CC(F)(F)F)c1=O. The van der Waals surface area contributed by atoms with Crippen molar-refractivity contribution in [3.8, 4) is 0 Å². The van der Waals surface area contributed by atoms with Crippen molar-refractivity contribution in [3.05, 3.63) is 32.7 Å². The van der Waals surface area contributed by atoms with Gasteiger partial charge in [-0.3, -0.25) is 4.79 Å². The zero-order chi connectivity index (χ0) is 13.2. The van der Waals surface area contributed by atoms with Crippen LogP contribution in [0.25, 0.3) is 0 Å². The first-order valence-corrected chi connectivity index (χ1v) is 5.09. The molecule has 0 atom stereocenters. The molecule has 1 heterocycles. The van der Waals surface area contributed by atoms with Gasteiger partial charge in [0, 0.05) is 10.7 Å². The fraction of sp³-hybridized carbons (Fsp3) is 0.333. The Morgan fingerprint density at radius 1 is 1.53 bits per heavy atom. The minimum Gasteiger partial charge on any atom is -0.465 e. The summed E-state index contributed by atoms with van der Waals surface area (Å²) in [6.07, 6.45) is -3.58. The second-order valence-corrected chi connectivity index (χ2v) is 4.03. The lowest BCUT2D eigenvalue weighted by Gasteiger charge is -2.10. The number of pyridine rings is 1. The summed E-state index contributed by atoms with van der Waals surface area (Å²) in [5.41, 5.74) is -1.50. The molecule has 0 aliphatic rings. The monoisotopic (exact) mass is 313 g/mol. The highest BCUT2D eigenvalue weighted by Gasteiger charge is 2.29. The average molecular weight is 314 g/mol. The Morgan fingerprint density at radius 2 is 2.12 bits per heavy atom. The molecule has 94 valence electrons. The fourth-order valence-corrected chi connectivity index (χ4v) is 1.64. The third-order valence-electron chi connectivity index (χ3n) is 1.81. The van der Waals surface area contributed by atoms with E-state index in [-0.39, 0.29) is 4.47 Å². The molecule has 8 heteroatoms. The summed E-state index contributed by atoms with van der Waals surface area (Å²) < 4.78 is 41.4. The van der Waals surface area contributed by atoms with Crippen LogP contribution >= 0.6 is 15.9 Å². The van der Waals surface area contributed by atoms with Gasteiger partial charge in [0.15, 0.2) is 0 Å². The van der Waals surface area contributed by atoms with Gasteiger partial charge in [-0.2, -0.15) is 13.2 Å². The molecule has 0 spiro atoms. The molecule has 1 aromatic rings. The molecule has 0 radical (unpaired) electrons. The number of methoxy groups -OCH3 is 1. The van der Waals surface area contributed by atoms with Crippen LogP contribution in [0.1, 0.15) is 10.4 Å². The van der Waals surface area contributed by atoms with Gasteiger partial charge in [0.25, 0.3) is 5.56 Å². The lowest BCUT2D eigenvalue weighted by molar-refractivity contribution is -0.141. The molecule has 4 nitrogen and oxygen atoms in total. The predicted octanol–water partition coefficient (Wildman–Crippen LogP) is 1.96. The van der Waals surface area contributed by atoms with Crippen molar-refractivity contribution in [1.29, 1.82) is 0 Å². The van der Waals surface area contributed by atoms with E-state index in [1.807, 2.05) is 0 Å². The van der Waals surface area contributed by atoms with Gasteiger partial charge >= 0.3 is 12.1 Å². The van der Waals surface area contributed by atoms with Crippen molar-refractivity contribution in [2.75, 3.05) is 7.11 Å². The zero-order valence-corrected chi connectivity index (χ0v) is 10.1. The average Bonchev–Trinajstić information content (AvgIpc) is 2.19. The smallest absolute Gasteiger partial charge is 0.406 e. The van der Waals surface area contributed by atoms with Gasteiger partial charge in [0.1, 0.15) is 12.1 Å². The minimum atomic E-state index is -4.54. The number of halogens is 4. The van der Waals surface area contributed by atoms with Gasteiger partial charge in [0.2, 0.25) is 0 Å². The van der Waals surface area contributed by atoms with E-state index >= 15 is 0 Å². The number of hydrogen-bond acceptors (Lipinski definition) is 3. The topological polar surface area (TPSA) is 48.3 Å². The van der Waals surface area contributed by atoms with Crippen LogP contribution in [0.15, 0.2) is 21.5 Å². The molecule has 0 saturated carbocycles. The van der Waals surface area contributed by atoms with Crippen molar-refractivity contribution in [1.82, 2.24) is 4.57 Å². The maximum atomic E-state index is 12.2. The third-order valence-corrected chi connectivity index (χ3v) is 2.24. The first-order chi connectivity index (χ1) is 7.74. The van der Waals surface area contributed by atoms with Gasteiger partial charge in [-0.25, -0.2) is 4.79 Å². The summed E-state index contributed by atoms with van der Waals surface area (Å²) in [6.45, 7) is -1.46. The van der Waals surface area contributed by atoms with Crippen LogP contribution in [0.4, 0.5) is 13.2 Å². The summed E-state index contributed by atoms with van der Waals surface area (Å²) in [5.74, 6) is -0.979. The Morgan fingerprint density at radius 3 is 2.59 bits per heavy atom. The number of carbonyl (C=O) groups is 1. The highest BCUT2D eigenvalue weighted by Crippen LogP contribution is 2.18. The predicted molar refractivity (Wildman–Crippen MR) is 55.8 cm³/mol. The molecule has 1 rings (SSSR count). The molecule has 0 aliphatic carbocycles. The van der Waals surface area contributed by atoms with Crippen LogP contribution in [0.5, 0.6) is 0 Å². The molecular weight excluding hydrogens is 307 g/mol. The summed E-state index contributed by atoms with van der Waals surface area (Å²) in [6, 6.07) is 1.11. The van der Waals surface area contributed by atoms with E-state index in [9.17, 15) is 22.8 Å². The van der Waals surface area contributed by atoms with Gasteiger partial charge in [-0.15, -0.1) is 0 Å². The van der Waals surface area contributed by atoms with Crippen LogP contribution in [0, 0.1) is 0 Å². The Bertz CT molecular complexity index is 495. The standard InChI is InChI=1S/C9H7BrF3NO3/c1-17-8(16)6-2-5(10)3-14(7(6)15)4-9(11,12)13/h2-3H,4H2,1H3. The maximum absolute atomic E-state index is 12.2. The van der Waals surface area contributed by atoms with E-state index in [1.165, 1.54) is 0 Å². The van der Waals surface area contributed by atoms with Crippen LogP contribution in [-0.4, -0.2) is 23.8 Å². The highest BCUT2D eigenvalue weighted by molar-refractivity contribution is 9.10. The number of rotatable bonds is 2. The van der Waals surface area contributed by atoms with E-state index in [0.717, 1.165) is 19.4 Å². The van der Waals surface area contributed by atoms with Crippen molar-refractivity contribution in [3.63, 3.8) is 0 Å². The number of hydrogen-bond donors (Lipinski definition) is 0. The van der Waals surface area contributed by atoms with Crippen LogP contribution in [0.2, 0.25) is 0 Å². The van der Waals surface area contributed by atoms with Crippen molar-refractivity contribution >= 4 is 21.9 Å². The quantitative estimate of drug-likeness (QED) is 0.784. The fourth-order valence-electron chi connectivity index (χ4n) is 1.17. The molecule has 0 fully saturated rings. The maximum Gasteiger partial charge on any atom is 0.406 e. The lowest BCUT2D eigenvalue weighted by atomic mass is 10.3. The number of nitrogens with zero attached hydrogens (tertiary/aromatic N) is 1. The van der Waals surface area contributed by atoms with E-state index < -0.39 is 29.8 Å². The summed E-state index contributed by atoms with van der Waals surface area (Å²) in [4.78, 5) is 22.7. The molecule has 0 amide bonds. The van der Waals surface area contributed by atoms with Gasteiger partial charge < -0.3 is 9.30 Å². The number of esters is 1. The van der Waals surface area contributed by atoms with Crippen molar-refractivity contribution in [2.24, 2.45) is 0 Å². The van der Waals surface area contributed by atoms with Crippen LogP contribution in [-0.2, 0) is 11.3 Å². The van der Waals surface area contributed by atoms with Gasteiger partial charge in [-0.1, -0.05) is 0 Å². The second kappa shape index (κ2) is 4.91. The molecule has 1 aromatic heterocycles. The molecule has 0 aromatic carbocycles. The second-order valence-electron chi connectivity index (χ2n) is 3.11. The van der Waals surface area contributed by atoms with E-state index in [4.69, 9.17) is 0 Å². The third kappa shape index (κ3) is 3.58. The first-order valence-electron chi connectivity index (χ1n) is 4.29. The summed E-state index contributed by atoms with van der Waals surface area (Å²) in [7, 11) is 1.04. The normalized spacial score (nSPS) is 11.4. The Labute approximate surface area is 102 Å². The Balaban J connectivity index is 3.29.